The Balaban J connectivity index is 2.97. The number of aromatic nitrogens is 1. The van der Waals surface area contributed by atoms with Crippen LogP contribution in [0.25, 0.3) is 0 Å². The minimum atomic E-state index is -1.03. The maximum Gasteiger partial charge on any atom is 0.337 e. The van der Waals surface area contributed by atoms with Crippen LogP contribution in [0.1, 0.15) is 39.9 Å². The van der Waals surface area contributed by atoms with E-state index in [0.717, 1.165) is 12.2 Å². The van der Waals surface area contributed by atoms with Gasteiger partial charge in [0.2, 0.25) is 0 Å². The van der Waals surface area contributed by atoms with Crippen molar-refractivity contribution < 1.29 is 14.7 Å². The van der Waals surface area contributed by atoms with Gasteiger partial charge in [-0.3, -0.25) is 4.79 Å². The van der Waals surface area contributed by atoms with Gasteiger partial charge in [0, 0.05) is 18.8 Å². The van der Waals surface area contributed by atoms with Crippen molar-refractivity contribution in [2.75, 3.05) is 19.1 Å². The quantitative estimate of drug-likeness (QED) is 0.872. The zero-order chi connectivity index (χ0) is 15.3. The lowest BCUT2D eigenvalue weighted by atomic mass is 10.1. The van der Waals surface area contributed by atoms with Crippen LogP contribution in [0.4, 0.5) is 0 Å². The summed E-state index contributed by atoms with van der Waals surface area (Å²) in [5.41, 5.74) is 0.768. The van der Waals surface area contributed by atoms with Gasteiger partial charge in [-0.1, -0.05) is 6.92 Å². The van der Waals surface area contributed by atoms with E-state index < -0.39 is 5.97 Å². The highest BCUT2D eigenvalue weighted by Gasteiger charge is 2.21. The van der Waals surface area contributed by atoms with Gasteiger partial charge in [-0.25, -0.2) is 9.78 Å². The van der Waals surface area contributed by atoms with Crippen molar-refractivity contribution in [2.24, 2.45) is 0 Å². The van der Waals surface area contributed by atoms with E-state index >= 15 is 0 Å². The minimum Gasteiger partial charge on any atom is -0.478 e. The van der Waals surface area contributed by atoms with Crippen molar-refractivity contribution in [3.8, 4) is 0 Å². The van der Waals surface area contributed by atoms with Crippen molar-refractivity contribution in [3.63, 3.8) is 0 Å². The highest BCUT2D eigenvalue weighted by Crippen LogP contribution is 2.13. The van der Waals surface area contributed by atoms with Gasteiger partial charge in [-0.15, -0.1) is 0 Å². The Hall–Kier alpha value is -1.56. The number of nitrogens with zero attached hydrogens (tertiary/aromatic N) is 2. The molecule has 110 valence electrons. The number of carboxylic acid groups (broad SMARTS) is 1. The number of hydrogen-bond acceptors (Lipinski definition) is 4. The molecule has 1 amide bonds. The number of amides is 1. The van der Waals surface area contributed by atoms with E-state index in [1.807, 2.05) is 13.2 Å². The van der Waals surface area contributed by atoms with Crippen molar-refractivity contribution in [1.29, 1.82) is 0 Å². The number of carbonyl (C=O) groups is 2. The molecule has 1 N–H and O–H groups in total. The Morgan fingerprint density at radius 1 is 1.45 bits per heavy atom. The van der Waals surface area contributed by atoms with Crippen LogP contribution in [0, 0.1) is 6.92 Å². The number of rotatable bonds is 6. The molecule has 0 aliphatic rings. The largest absolute Gasteiger partial charge is 0.478 e. The molecule has 1 heterocycles. The van der Waals surface area contributed by atoms with Gasteiger partial charge in [0.1, 0.15) is 5.69 Å². The molecule has 1 atom stereocenters. The summed E-state index contributed by atoms with van der Waals surface area (Å²) in [6.45, 7) is 3.64. The summed E-state index contributed by atoms with van der Waals surface area (Å²) in [4.78, 5) is 29.1. The summed E-state index contributed by atoms with van der Waals surface area (Å²) in [7, 11) is 1.76. The van der Waals surface area contributed by atoms with E-state index in [4.69, 9.17) is 5.11 Å². The van der Waals surface area contributed by atoms with Crippen LogP contribution >= 0.6 is 11.8 Å². The molecule has 0 aromatic carbocycles. The van der Waals surface area contributed by atoms with E-state index in [1.165, 1.54) is 12.1 Å². The summed E-state index contributed by atoms with van der Waals surface area (Å²) in [6.07, 6.45) is 2.88. The third-order valence-electron chi connectivity index (χ3n) is 3.23. The van der Waals surface area contributed by atoms with Crippen LogP contribution in [0.2, 0.25) is 0 Å². The van der Waals surface area contributed by atoms with Crippen LogP contribution in [0.3, 0.4) is 0 Å². The fourth-order valence-electron chi connectivity index (χ4n) is 1.95. The monoisotopic (exact) mass is 296 g/mol. The Labute approximate surface area is 123 Å². The Morgan fingerprint density at radius 2 is 2.10 bits per heavy atom. The van der Waals surface area contributed by atoms with Gasteiger partial charge < -0.3 is 10.0 Å². The smallest absolute Gasteiger partial charge is 0.337 e. The van der Waals surface area contributed by atoms with Gasteiger partial charge in [-0.05, 0) is 31.7 Å². The molecule has 1 rings (SSSR count). The molecule has 5 nitrogen and oxygen atoms in total. The standard InChI is InChI=1S/C14H20N2O3S/c1-5-10(8-20-4)16(3)13(17)12-7-6-11(14(18)19)9(2)15-12/h6-7,10H,5,8H2,1-4H3,(H,18,19). The van der Waals surface area contributed by atoms with Gasteiger partial charge in [0.05, 0.1) is 11.3 Å². The average molecular weight is 296 g/mol. The maximum atomic E-state index is 12.4. The summed E-state index contributed by atoms with van der Waals surface area (Å²) in [5.74, 6) is -0.340. The fourth-order valence-corrected chi connectivity index (χ4v) is 2.79. The van der Waals surface area contributed by atoms with Crippen LogP contribution in [0.5, 0.6) is 0 Å². The third-order valence-corrected chi connectivity index (χ3v) is 3.95. The number of thioether (sulfide) groups is 1. The van der Waals surface area contributed by atoms with Crippen LogP contribution in [-0.2, 0) is 0 Å². The SMILES string of the molecule is CCC(CSC)N(C)C(=O)c1ccc(C(=O)O)c(C)n1. The van der Waals surface area contributed by atoms with Crippen molar-refractivity contribution in [1.82, 2.24) is 9.88 Å². The molecule has 0 spiro atoms. The second kappa shape index (κ2) is 7.28. The lowest BCUT2D eigenvalue weighted by Crippen LogP contribution is -2.38. The molecule has 0 saturated heterocycles. The number of aryl methyl sites for hydroxylation is 1. The predicted octanol–water partition coefficient (Wildman–Crippen LogP) is 2.30. The molecule has 0 radical (unpaired) electrons. The first-order valence-corrected chi connectivity index (χ1v) is 7.78. The van der Waals surface area contributed by atoms with Gasteiger partial charge >= 0.3 is 5.97 Å². The average Bonchev–Trinajstić information content (AvgIpc) is 2.42. The lowest BCUT2D eigenvalue weighted by molar-refractivity contribution is 0.0690. The van der Waals surface area contributed by atoms with Gasteiger partial charge in [-0.2, -0.15) is 11.8 Å². The maximum absolute atomic E-state index is 12.4. The first-order chi connectivity index (χ1) is 9.42. The van der Waals surface area contributed by atoms with E-state index in [1.54, 1.807) is 30.6 Å². The second-order valence-electron chi connectivity index (χ2n) is 4.57. The lowest BCUT2D eigenvalue weighted by Gasteiger charge is -2.26. The minimum absolute atomic E-state index is 0.125. The molecular weight excluding hydrogens is 276 g/mol. The molecule has 1 unspecified atom stereocenters. The predicted molar refractivity (Wildman–Crippen MR) is 80.5 cm³/mol. The first-order valence-electron chi connectivity index (χ1n) is 6.39. The number of aromatic carboxylic acids is 1. The Bertz CT molecular complexity index is 505. The Morgan fingerprint density at radius 3 is 2.55 bits per heavy atom. The van der Waals surface area contributed by atoms with Gasteiger partial charge in [0.25, 0.3) is 5.91 Å². The summed E-state index contributed by atoms with van der Waals surface area (Å²) >= 11 is 1.69. The number of carboxylic acids is 1. The molecule has 6 heteroatoms. The van der Waals surface area contributed by atoms with Crippen molar-refractivity contribution in [2.45, 2.75) is 26.3 Å². The Kier molecular flexibility index (Phi) is 6.01. The molecule has 20 heavy (non-hydrogen) atoms. The topological polar surface area (TPSA) is 70.5 Å². The summed E-state index contributed by atoms with van der Waals surface area (Å²) < 4.78 is 0. The van der Waals surface area contributed by atoms with Gasteiger partial charge in [0.15, 0.2) is 0 Å². The first kappa shape index (κ1) is 16.5. The molecule has 0 aliphatic carbocycles. The van der Waals surface area contributed by atoms with Crippen LogP contribution in [0.15, 0.2) is 12.1 Å². The summed E-state index contributed by atoms with van der Waals surface area (Å²) in [5, 5.41) is 8.96. The number of carbonyl (C=O) groups excluding carboxylic acids is 1. The van der Waals surface area contributed by atoms with Crippen molar-refractivity contribution >= 4 is 23.6 Å². The van der Waals surface area contributed by atoms with Crippen molar-refractivity contribution in [3.05, 3.63) is 29.1 Å². The fraction of sp³-hybridized carbons (Fsp3) is 0.500. The second-order valence-corrected chi connectivity index (χ2v) is 5.48. The summed E-state index contributed by atoms with van der Waals surface area (Å²) in [6, 6.07) is 3.06. The number of hydrogen-bond donors (Lipinski definition) is 1. The zero-order valence-corrected chi connectivity index (χ0v) is 13.0. The molecule has 0 bridgehead atoms. The third kappa shape index (κ3) is 3.72. The van der Waals surface area contributed by atoms with E-state index in [9.17, 15) is 9.59 Å². The molecule has 0 aliphatic heterocycles. The van der Waals surface area contributed by atoms with E-state index in [-0.39, 0.29) is 23.2 Å². The van der Waals surface area contributed by atoms with Crippen LogP contribution in [-0.4, -0.2) is 52.0 Å². The molecule has 1 aromatic heterocycles. The molecule has 0 fully saturated rings. The van der Waals surface area contributed by atoms with E-state index in [2.05, 4.69) is 4.98 Å². The normalized spacial score (nSPS) is 12.0. The molecule has 0 saturated carbocycles. The number of pyridine rings is 1. The van der Waals surface area contributed by atoms with E-state index in [0.29, 0.717) is 5.69 Å². The highest BCUT2D eigenvalue weighted by molar-refractivity contribution is 7.98. The van der Waals surface area contributed by atoms with Crippen LogP contribution < -0.4 is 0 Å². The zero-order valence-electron chi connectivity index (χ0n) is 12.2. The molecule has 1 aromatic rings. The molecular formula is C14H20N2O3S. The highest BCUT2D eigenvalue weighted by atomic mass is 32.2.